The average Bonchev–Trinajstić information content (AvgIpc) is 3.18. The van der Waals surface area contributed by atoms with Gasteiger partial charge < -0.3 is 4.98 Å². The summed E-state index contributed by atoms with van der Waals surface area (Å²) in [5, 5.41) is 0. The van der Waals surface area contributed by atoms with Crippen LogP contribution in [0.1, 0.15) is 24.5 Å². The fourth-order valence-electron chi connectivity index (χ4n) is 1.66. The normalized spacial score (nSPS) is 14.9. The summed E-state index contributed by atoms with van der Waals surface area (Å²) in [6, 6.07) is 1.74. The molecule has 2 heterocycles. The number of halogens is 1. The molecule has 0 radical (unpaired) electrons. The third-order valence-corrected chi connectivity index (χ3v) is 3.72. The summed E-state index contributed by atoms with van der Waals surface area (Å²) in [7, 11) is 0. The van der Waals surface area contributed by atoms with Gasteiger partial charge in [0.15, 0.2) is 5.82 Å². The Labute approximate surface area is 111 Å². The van der Waals surface area contributed by atoms with E-state index in [1.54, 1.807) is 12.3 Å². The SMILES string of the molecule is O=c1[nH]c(-c2ccncn2)nc(C2CC2)c1I. The molecule has 3 rings (SSSR count). The molecule has 0 atom stereocenters. The third kappa shape index (κ3) is 2.08. The molecule has 17 heavy (non-hydrogen) atoms. The Morgan fingerprint density at radius 1 is 1.41 bits per heavy atom. The molecule has 0 aromatic carbocycles. The van der Waals surface area contributed by atoms with Crippen molar-refractivity contribution < 1.29 is 0 Å². The van der Waals surface area contributed by atoms with Crippen molar-refractivity contribution in [1.82, 2.24) is 19.9 Å². The van der Waals surface area contributed by atoms with E-state index in [0.29, 0.717) is 21.0 Å². The predicted octanol–water partition coefficient (Wildman–Crippen LogP) is 1.71. The Balaban J connectivity index is 2.15. The summed E-state index contributed by atoms with van der Waals surface area (Å²) < 4.78 is 0.697. The quantitative estimate of drug-likeness (QED) is 0.845. The van der Waals surface area contributed by atoms with Crippen molar-refractivity contribution >= 4 is 22.6 Å². The largest absolute Gasteiger partial charge is 0.304 e. The van der Waals surface area contributed by atoms with Crippen LogP contribution in [-0.4, -0.2) is 19.9 Å². The predicted molar refractivity (Wildman–Crippen MR) is 70.6 cm³/mol. The van der Waals surface area contributed by atoms with Gasteiger partial charge in [-0.15, -0.1) is 0 Å². The Morgan fingerprint density at radius 2 is 2.24 bits per heavy atom. The van der Waals surface area contributed by atoms with E-state index in [2.05, 4.69) is 42.5 Å². The van der Waals surface area contributed by atoms with Crippen molar-refractivity contribution in [3.8, 4) is 11.5 Å². The van der Waals surface area contributed by atoms with Gasteiger partial charge >= 0.3 is 0 Å². The maximum absolute atomic E-state index is 11.8. The van der Waals surface area contributed by atoms with Crippen molar-refractivity contribution in [1.29, 1.82) is 0 Å². The first-order chi connectivity index (χ1) is 8.25. The maximum Gasteiger partial charge on any atom is 0.264 e. The second-order valence-corrected chi connectivity index (χ2v) is 5.06. The second-order valence-electron chi connectivity index (χ2n) is 3.98. The Morgan fingerprint density at radius 3 is 2.88 bits per heavy atom. The van der Waals surface area contributed by atoms with Gasteiger partial charge in [-0.25, -0.2) is 15.0 Å². The number of hydrogen-bond donors (Lipinski definition) is 1. The summed E-state index contributed by atoms with van der Waals surface area (Å²) in [6.45, 7) is 0. The van der Waals surface area contributed by atoms with E-state index in [1.165, 1.54) is 6.33 Å². The standard InChI is InChI=1S/C11H9IN4O/c12-8-9(6-1-2-6)15-10(16-11(8)17)7-3-4-13-5-14-7/h3-6H,1-2H2,(H,15,16,17). The molecule has 2 aromatic rings. The number of H-pyrrole nitrogens is 1. The number of nitrogens with zero attached hydrogens (tertiary/aromatic N) is 3. The molecule has 0 amide bonds. The van der Waals surface area contributed by atoms with Crippen molar-refractivity contribution in [2.45, 2.75) is 18.8 Å². The first kappa shape index (κ1) is 10.8. The number of rotatable bonds is 2. The number of nitrogens with one attached hydrogen (secondary N) is 1. The zero-order valence-corrected chi connectivity index (χ0v) is 11.0. The third-order valence-electron chi connectivity index (χ3n) is 2.68. The van der Waals surface area contributed by atoms with Crippen LogP contribution in [0.15, 0.2) is 23.4 Å². The molecule has 1 aliphatic carbocycles. The number of aromatic amines is 1. The van der Waals surface area contributed by atoms with Gasteiger partial charge in [0.1, 0.15) is 15.6 Å². The molecule has 6 heteroatoms. The van der Waals surface area contributed by atoms with Crippen LogP contribution in [0.5, 0.6) is 0 Å². The molecule has 86 valence electrons. The lowest BCUT2D eigenvalue weighted by molar-refractivity contribution is 0.949. The minimum Gasteiger partial charge on any atom is -0.304 e. The lowest BCUT2D eigenvalue weighted by atomic mass is 10.2. The van der Waals surface area contributed by atoms with Crippen LogP contribution in [0.4, 0.5) is 0 Å². The van der Waals surface area contributed by atoms with Crippen molar-refractivity contribution in [3.63, 3.8) is 0 Å². The zero-order valence-electron chi connectivity index (χ0n) is 8.85. The van der Waals surface area contributed by atoms with E-state index < -0.39 is 0 Å². The first-order valence-electron chi connectivity index (χ1n) is 5.32. The van der Waals surface area contributed by atoms with Crippen LogP contribution in [0.2, 0.25) is 0 Å². The molecule has 0 bridgehead atoms. The van der Waals surface area contributed by atoms with E-state index >= 15 is 0 Å². The highest BCUT2D eigenvalue weighted by atomic mass is 127. The lowest BCUT2D eigenvalue weighted by Crippen LogP contribution is -2.16. The first-order valence-corrected chi connectivity index (χ1v) is 6.39. The van der Waals surface area contributed by atoms with Gasteiger partial charge in [-0.2, -0.15) is 0 Å². The second kappa shape index (κ2) is 4.17. The fraction of sp³-hybridized carbons (Fsp3) is 0.273. The summed E-state index contributed by atoms with van der Waals surface area (Å²) >= 11 is 2.06. The highest BCUT2D eigenvalue weighted by Gasteiger charge is 2.29. The van der Waals surface area contributed by atoms with E-state index in [-0.39, 0.29) is 5.56 Å². The molecule has 0 unspecified atom stereocenters. The topological polar surface area (TPSA) is 71.5 Å². The fourth-order valence-corrected chi connectivity index (χ4v) is 2.35. The monoisotopic (exact) mass is 340 g/mol. The van der Waals surface area contributed by atoms with Gasteiger partial charge in [-0.05, 0) is 41.5 Å². The van der Waals surface area contributed by atoms with Crippen molar-refractivity contribution in [2.75, 3.05) is 0 Å². The summed E-state index contributed by atoms with van der Waals surface area (Å²) in [5.74, 6) is 0.976. The molecular weight excluding hydrogens is 331 g/mol. The Kier molecular flexibility index (Phi) is 2.65. The molecular formula is C11H9IN4O. The van der Waals surface area contributed by atoms with Crippen LogP contribution >= 0.6 is 22.6 Å². The van der Waals surface area contributed by atoms with E-state index in [0.717, 1.165) is 18.5 Å². The van der Waals surface area contributed by atoms with Crippen LogP contribution in [0.25, 0.3) is 11.5 Å². The van der Waals surface area contributed by atoms with Gasteiger partial charge in [0.05, 0.1) is 5.69 Å². The van der Waals surface area contributed by atoms with Crippen molar-refractivity contribution in [2.24, 2.45) is 0 Å². The minimum absolute atomic E-state index is 0.0869. The average molecular weight is 340 g/mol. The smallest absolute Gasteiger partial charge is 0.264 e. The molecule has 2 aromatic heterocycles. The van der Waals surface area contributed by atoms with E-state index in [4.69, 9.17) is 0 Å². The lowest BCUT2D eigenvalue weighted by Gasteiger charge is -2.04. The molecule has 1 aliphatic rings. The minimum atomic E-state index is -0.0869. The summed E-state index contributed by atoms with van der Waals surface area (Å²) in [5.41, 5.74) is 1.47. The van der Waals surface area contributed by atoms with Crippen LogP contribution < -0.4 is 5.56 Å². The van der Waals surface area contributed by atoms with Gasteiger partial charge in [-0.3, -0.25) is 4.79 Å². The highest BCUT2D eigenvalue weighted by molar-refractivity contribution is 14.1. The van der Waals surface area contributed by atoms with Gasteiger partial charge in [0.25, 0.3) is 5.56 Å². The molecule has 1 saturated carbocycles. The van der Waals surface area contributed by atoms with Crippen LogP contribution in [-0.2, 0) is 0 Å². The maximum atomic E-state index is 11.8. The number of hydrogen-bond acceptors (Lipinski definition) is 4. The molecule has 0 saturated heterocycles. The molecule has 1 N–H and O–H groups in total. The highest BCUT2D eigenvalue weighted by Crippen LogP contribution is 2.40. The van der Waals surface area contributed by atoms with Crippen LogP contribution in [0.3, 0.4) is 0 Å². The van der Waals surface area contributed by atoms with E-state index in [1.807, 2.05) is 0 Å². The molecule has 0 spiro atoms. The van der Waals surface area contributed by atoms with Gasteiger partial charge in [0, 0.05) is 12.1 Å². The summed E-state index contributed by atoms with van der Waals surface area (Å²) in [4.78, 5) is 27.0. The van der Waals surface area contributed by atoms with E-state index in [9.17, 15) is 4.79 Å². The van der Waals surface area contributed by atoms with Gasteiger partial charge in [0.2, 0.25) is 0 Å². The molecule has 1 fully saturated rings. The number of aromatic nitrogens is 4. The molecule has 5 nitrogen and oxygen atoms in total. The van der Waals surface area contributed by atoms with Crippen molar-refractivity contribution in [3.05, 3.63) is 38.2 Å². The van der Waals surface area contributed by atoms with Crippen LogP contribution in [0, 0.1) is 3.57 Å². The Hall–Kier alpha value is -1.31. The van der Waals surface area contributed by atoms with Gasteiger partial charge in [-0.1, -0.05) is 0 Å². The molecule has 0 aliphatic heterocycles. The summed E-state index contributed by atoms with van der Waals surface area (Å²) in [6.07, 6.45) is 5.33. The zero-order chi connectivity index (χ0) is 11.8. The Bertz CT molecular complexity index is 607.